The summed E-state index contributed by atoms with van der Waals surface area (Å²) in [6, 6.07) is 1.01. The molecule has 0 spiro atoms. The molecule has 0 N–H and O–H groups in total. The van der Waals surface area contributed by atoms with Crippen molar-refractivity contribution in [1.82, 2.24) is 4.31 Å². The van der Waals surface area contributed by atoms with Gasteiger partial charge in [-0.25, -0.2) is 11.1 Å². The van der Waals surface area contributed by atoms with Crippen molar-refractivity contribution in [2.75, 3.05) is 19.1 Å². The molecule has 1 aliphatic carbocycles. The molecule has 0 aromatic heterocycles. The van der Waals surface area contributed by atoms with E-state index in [2.05, 4.69) is 16.8 Å². The van der Waals surface area contributed by atoms with Crippen LogP contribution in [0.4, 0.5) is 0 Å². The molecule has 1 saturated carbocycles. The zero-order valence-electron chi connectivity index (χ0n) is 6.17. The summed E-state index contributed by atoms with van der Waals surface area (Å²) in [6.07, 6.45) is 7.77. The van der Waals surface area contributed by atoms with E-state index in [0.29, 0.717) is 0 Å². The van der Waals surface area contributed by atoms with E-state index in [1.54, 1.807) is 0 Å². The zero-order chi connectivity index (χ0) is 6.43. The number of hydrogen-bond donors (Lipinski definition) is 1. The van der Waals surface area contributed by atoms with Crippen molar-refractivity contribution in [2.24, 2.45) is 5.92 Å². The molecule has 3 rings (SSSR count). The first-order valence-electron chi connectivity index (χ1n) is 3.71. The summed E-state index contributed by atoms with van der Waals surface area (Å²) in [6.45, 7) is 1.42. The monoisotopic (exact) mass is 145 g/mol. The van der Waals surface area contributed by atoms with Crippen LogP contribution in [0.15, 0.2) is 0 Å². The van der Waals surface area contributed by atoms with Crippen LogP contribution in [0, 0.1) is 5.92 Å². The Balaban J connectivity index is 2.00. The van der Waals surface area contributed by atoms with Gasteiger partial charge in [-0.2, -0.15) is 0 Å². The van der Waals surface area contributed by atoms with Gasteiger partial charge in [0.05, 0.1) is 0 Å². The maximum Gasteiger partial charge on any atom is 0.0191 e. The first-order chi connectivity index (χ1) is 4.27. The largest absolute Gasteiger partial charge is 0.267 e. The van der Waals surface area contributed by atoms with Crippen LogP contribution in [0.2, 0.25) is 0 Å². The highest BCUT2D eigenvalue weighted by atomic mass is 32.2. The Kier molecular flexibility index (Phi) is 1.27. The van der Waals surface area contributed by atoms with Crippen LogP contribution in [0.1, 0.15) is 12.8 Å². The second kappa shape index (κ2) is 1.89. The van der Waals surface area contributed by atoms with Gasteiger partial charge in [-0.05, 0) is 31.3 Å². The number of hydrogen-bond acceptors (Lipinski definition) is 1. The average Bonchev–Trinajstić information content (AvgIpc) is 2.12. The summed E-state index contributed by atoms with van der Waals surface area (Å²) < 4.78 is 2.71. The van der Waals surface area contributed by atoms with Gasteiger partial charge in [-0.15, -0.1) is 0 Å². The van der Waals surface area contributed by atoms with E-state index >= 15 is 0 Å². The van der Waals surface area contributed by atoms with E-state index in [-0.39, 0.29) is 11.1 Å². The molecule has 54 valence electrons. The van der Waals surface area contributed by atoms with Gasteiger partial charge < -0.3 is 0 Å². The highest BCUT2D eigenvalue weighted by Gasteiger charge is 2.42. The number of fused-ring (bicyclic) bond motifs is 1. The predicted octanol–water partition coefficient (Wildman–Crippen LogP) is 1.26. The summed E-state index contributed by atoms with van der Waals surface area (Å²) in [5.74, 6) is 1.10. The molecular formula is C7H15NS. The van der Waals surface area contributed by atoms with Gasteiger partial charge in [-0.1, -0.05) is 0 Å². The maximum absolute atomic E-state index is 2.71. The highest BCUT2D eigenvalue weighted by Crippen LogP contribution is 2.46. The van der Waals surface area contributed by atoms with Crippen molar-refractivity contribution < 1.29 is 0 Å². The fourth-order valence-electron chi connectivity index (χ4n) is 2.00. The standard InChI is InChI=1S/C7H15NS/c1-9(2)8-5-6-3-7(8)4-6/h6-7,9H,3-5H2,1-2H3. The topological polar surface area (TPSA) is 3.24 Å². The SMILES string of the molecule is C[SH](C)N1CC2CC1C2. The van der Waals surface area contributed by atoms with E-state index in [0.717, 1.165) is 12.0 Å². The smallest absolute Gasteiger partial charge is 0.0191 e. The van der Waals surface area contributed by atoms with Crippen molar-refractivity contribution in [1.29, 1.82) is 0 Å². The molecular weight excluding hydrogens is 130 g/mol. The number of thiol groups is 1. The minimum absolute atomic E-state index is 0.234. The third-order valence-electron chi connectivity index (χ3n) is 2.59. The Morgan fingerprint density at radius 1 is 1.33 bits per heavy atom. The third-order valence-corrected chi connectivity index (χ3v) is 4.11. The van der Waals surface area contributed by atoms with Crippen molar-refractivity contribution in [3.63, 3.8) is 0 Å². The van der Waals surface area contributed by atoms with E-state index in [4.69, 9.17) is 0 Å². The van der Waals surface area contributed by atoms with Crippen LogP contribution < -0.4 is 0 Å². The number of nitrogens with zero attached hydrogens (tertiary/aromatic N) is 1. The van der Waals surface area contributed by atoms with Crippen LogP contribution in [0.3, 0.4) is 0 Å². The van der Waals surface area contributed by atoms with Gasteiger partial charge in [0.15, 0.2) is 0 Å². The Morgan fingerprint density at radius 3 is 2.22 bits per heavy atom. The van der Waals surface area contributed by atoms with Gasteiger partial charge in [0, 0.05) is 12.6 Å². The maximum atomic E-state index is 2.71. The Morgan fingerprint density at radius 2 is 2.00 bits per heavy atom. The molecule has 2 aliphatic heterocycles. The predicted molar refractivity (Wildman–Crippen MR) is 44.1 cm³/mol. The molecule has 0 unspecified atom stereocenters. The summed E-state index contributed by atoms with van der Waals surface area (Å²) >= 11 is 0.234. The lowest BCUT2D eigenvalue weighted by molar-refractivity contribution is 0.338. The molecule has 9 heavy (non-hydrogen) atoms. The summed E-state index contributed by atoms with van der Waals surface area (Å²) in [7, 11) is 0. The van der Waals surface area contributed by atoms with Gasteiger partial charge >= 0.3 is 0 Å². The molecule has 1 nitrogen and oxygen atoms in total. The van der Waals surface area contributed by atoms with Gasteiger partial charge in [0.1, 0.15) is 0 Å². The van der Waals surface area contributed by atoms with Gasteiger partial charge in [-0.3, -0.25) is 4.31 Å². The summed E-state index contributed by atoms with van der Waals surface area (Å²) in [5.41, 5.74) is 0. The van der Waals surface area contributed by atoms with Gasteiger partial charge in [0.25, 0.3) is 0 Å². The lowest BCUT2D eigenvalue weighted by Gasteiger charge is -2.30. The summed E-state index contributed by atoms with van der Waals surface area (Å²) in [4.78, 5) is 0. The minimum Gasteiger partial charge on any atom is -0.267 e. The van der Waals surface area contributed by atoms with Crippen LogP contribution in [-0.4, -0.2) is 29.4 Å². The highest BCUT2D eigenvalue weighted by molar-refractivity contribution is 8.13. The van der Waals surface area contributed by atoms with Crippen LogP contribution in [0.5, 0.6) is 0 Å². The summed E-state index contributed by atoms with van der Waals surface area (Å²) in [5, 5.41) is 0. The van der Waals surface area contributed by atoms with E-state index in [9.17, 15) is 0 Å². The molecule has 0 amide bonds. The number of rotatable bonds is 1. The molecule has 3 aliphatic rings. The van der Waals surface area contributed by atoms with E-state index < -0.39 is 0 Å². The Bertz CT molecular complexity index is 118. The van der Waals surface area contributed by atoms with Crippen molar-refractivity contribution in [2.45, 2.75) is 18.9 Å². The fourth-order valence-corrected chi connectivity index (χ4v) is 3.40. The minimum atomic E-state index is 0.234. The molecule has 0 aromatic carbocycles. The molecule has 2 heteroatoms. The van der Waals surface area contributed by atoms with Gasteiger partial charge in [0.2, 0.25) is 0 Å². The van der Waals surface area contributed by atoms with E-state index in [1.807, 2.05) is 0 Å². The molecule has 0 radical (unpaired) electrons. The molecule has 2 saturated heterocycles. The van der Waals surface area contributed by atoms with Crippen molar-refractivity contribution in [3.05, 3.63) is 0 Å². The normalized spacial score (nSPS) is 42.7. The van der Waals surface area contributed by atoms with E-state index in [1.165, 1.54) is 19.4 Å². The molecule has 3 fully saturated rings. The van der Waals surface area contributed by atoms with Crippen LogP contribution in [-0.2, 0) is 0 Å². The fraction of sp³-hybridized carbons (Fsp3) is 1.00. The van der Waals surface area contributed by atoms with Crippen molar-refractivity contribution in [3.8, 4) is 0 Å². The second-order valence-corrected chi connectivity index (χ2v) is 5.67. The lowest BCUT2D eigenvalue weighted by Crippen LogP contribution is -2.25. The Hall–Kier alpha value is 0.310. The van der Waals surface area contributed by atoms with Crippen LogP contribution in [0.25, 0.3) is 0 Å². The first kappa shape index (κ1) is 6.05. The first-order valence-corrected chi connectivity index (χ1v) is 5.90. The molecule has 2 bridgehead atoms. The second-order valence-electron chi connectivity index (χ2n) is 3.46. The quantitative estimate of drug-likeness (QED) is 0.544. The molecule has 0 atom stereocenters. The third kappa shape index (κ3) is 0.802. The average molecular weight is 145 g/mol. The molecule has 2 heterocycles. The van der Waals surface area contributed by atoms with Crippen molar-refractivity contribution >= 4 is 11.1 Å². The van der Waals surface area contributed by atoms with Crippen LogP contribution >= 0.6 is 11.1 Å². The lowest BCUT2D eigenvalue weighted by atomic mass is 9.87. The Labute approximate surface area is 59.9 Å². The zero-order valence-corrected chi connectivity index (χ0v) is 7.06. The molecule has 0 aromatic rings.